The van der Waals surface area contributed by atoms with Crippen molar-refractivity contribution in [3.8, 4) is 0 Å². The molecule has 0 spiro atoms. The van der Waals surface area contributed by atoms with E-state index in [1.54, 1.807) is 0 Å². The number of hydrogen-bond donors (Lipinski definition) is 2. The molecule has 0 heterocycles. The zero-order valence-corrected chi connectivity index (χ0v) is 8.86. The Morgan fingerprint density at radius 3 is 0.909 bits per heavy atom. The van der Waals surface area contributed by atoms with Gasteiger partial charge in [-0.15, -0.1) is 0 Å². The molecule has 70 valence electrons. The van der Waals surface area contributed by atoms with Crippen molar-refractivity contribution in [2.24, 2.45) is 11.5 Å². The second-order valence-electron chi connectivity index (χ2n) is 4.15. The maximum Gasteiger partial charge on any atom is 0.0274 e. The number of nitrogens with two attached hydrogens (primary N) is 2. The van der Waals surface area contributed by atoms with E-state index in [0.29, 0.717) is 0 Å². The lowest BCUT2D eigenvalue weighted by atomic mass is 9.85. The zero-order valence-electron chi connectivity index (χ0n) is 8.86. The van der Waals surface area contributed by atoms with Gasteiger partial charge in [0.1, 0.15) is 0 Å². The van der Waals surface area contributed by atoms with Gasteiger partial charge < -0.3 is 11.5 Å². The zero-order chi connectivity index (χ0) is 9.71. The number of hydrogen-bond acceptors (Lipinski definition) is 2. The topological polar surface area (TPSA) is 52.0 Å². The highest BCUT2D eigenvalue weighted by Crippen LogP contribution is 2.13. The quantitative estimate of drug-likeness (QED) is 0.615. The first-order chi connectivity index (χ1) is 4.66. The lowest BCUT2D eigenvalue weighted by Crippen LogP contribution is -2.58. The molecule has 0 fully saturated rings. The summed E-state index contributed by atoms with van der Waals surface area (Å²) in [5.74, 6) is 0. The molecule has 0 unspecified atom stereocenters. The van der Waals surface area contributed by atoms with Crippen LogP contribution in [-0.4, -0.2) is 11.1 Å². The Labute approximate surface area is 71.3 Å². The SMILES string of the molecule is CC(C)(N)C(C)(C)N.CCC. The van der Waals surface area contributed by atoms with Crippen LogP contribution in [0.5, 0.6) is 0 Å². The Morgan fingerprint density at radius 1 is 0.818 bits per heavy atom. The fraction of sp³-hybridized carbons (Fsp3) is 1.00. The van der Waals surface area contributed by atoms with Crippen molar-refractivity contribution in [2.75, 3.05) is 0 Å². The Hall–Kier alpha value is -0.0800. The van der Waals surface area contributed by atoms with E-state index in [1.807, 2.05) is 27.7 Å². The average Bonchev–Trinajstić information content (AvgIpc) is 1.60. The van der Waals surface area contributed by atoms with Gasteiger partial charge in [0.25, 0.3) is 0 Å². The summed E-state index contributed by atoms with van der Waals surface area (Å²) in [4.78, 5) is 0. The van der Waals surface area contributed by atoms with E-state index in [2.05, 4.69) is 13.8 Å². The molecule has 0 aliphatic rings. The smallest absolute Gasteiger partial charge is 0.0274 e. The van der Waals surface area contributed by atoms with Crippen molar-refractivity contribution < 1.29 is 0 Å². The van der Waals surface area contributed by atoms with Crippen LogP contribution in [0, 0.1) is 0 Å². The van der Waals surface area contributed by atoms with Crippen LogP contribution in [-0.2, 0) is 0 Å². The molecule has 0 rings (SSSR count). The van der Waals surface area contributed by atoms with Gasteiger partial charge in [0, 0.05) is 11.1 Å². The fourth-order valence-corrected chi connectivity index (χ4v) is 0. The Morgan fingerprint density at radius 2 is 0.909 bits per heavy atom. The monoisotopic (exact) mass is 160 g/mol. The molecule has 0 aliphatic carbocycles. The maximum absolute atomic E-state index is 5.69. The molecule has 0 atom stereocenters. The summed E-state index contributed by atoms with van der Waals surface area (Å²) in [5.41, 5.74) is 10.8. The summed E-state index contributed by atoms with van der Waals surface area (Å²) in [5, 5.41) is 0. The van der Waals surface area contributed by atoms with E-state index < -0.39 is 0 Å². The molecule has 0 amide bonds. The predicted molar refractivity (Wildman–Crippen MR) is 52.5 cm³/mol. The van der Waals surface area contributed by atoms with Gasteiger partial charge in [-0.2, -0.15) is 0 Å². The molecule has 0 aromatic heterocycles. The fourth-order valence-electron chi connectivity index (χ4n) is 0. The van der Waals surface area contributed by atoms with Crippen LogP contribution in [0.25, 0.3) is 0 Å². The summed E-state index contributed by atoms with van der Waals surface area (Å²) in [7, 11) is 0. The third-order valence-corrected chi connectivity index (χ3v) is 1.66. The van der Waals surface area contributed by atoms with Crippen LogP contribution in [0.15, 0.2) is 0 Å². The van der Waals surface area contributed by atoms with Gasteiger partial charge in [-0.1, -0.05) is 20.3 Å². The van der Waals surface area contributed by atoms with Crippen molar-refractivity contribution >= 4 is 0 Å². The molecule has 11 heavy (non-hydrogen) atoms. The van der Waals surface area contributed by atoms with Gasteiger partial charge in [0.05, 0.1) is 0 Å². The van der Waals surface area contributed by atoms with E-state index in [0.717, 1.165) is 0 Å². The molecule has 2 heteroatoms. The van der Waals surface area contributed by atoms with Crippen molar-refractivity contribution in [3.63, 3.8) is 0 Å². The highest BCUT2D eigenvalue weighted by atomic mass is 14.9. The molecule has 0 radical (unpaired) electrons. The van der Waals surface area contributed by atoms with Crippen LogP contribution in [0.1, 0.15) is 48.0 Å². The standard InChI is InChI=1S/C6H16N2.C3H8/c1-5(2,7)6(3,4)8;1-3-2/h7-8H2,1-4H3;3H2,1-2H3. The van der Waals surface area contributed by atoms with E-state index in [4.69, 9.17) is 11.5 Å². The highest BCUT2D eigenvalue weighted by Gasteiger charge is 2.28. The van der Waals surface area contributed by atoms with Crippen molar-refractivity contribution in [3.05, 3.63) is 0 Å². The van der Waals surface area contributed by atoms with Gasteiger partial charge >= 0.3 is 0 Å². The molecule has 0 aliphatic heterocycles. The first-order valence-electron chi connectivity index (χ1n) is 4.24. The molecule has 2 nitrogen and oxygen atoms in total. The molecule has 0 saturated carbocycles. The van der Waals surface area contributed by atoms with E-state index in [-0.39, 0.29) is 11.1 Å². The van der Waals surface area contributed by atoms with Crippen LogP contribution in [0.2, 0.25) is 0 Å². The third kappa shape index (κ3) is 7.82. The van der Waals surface area contributed by atoms with Crippen LogP contribution >= 0.6 is 0 Å². The Kier molecular flexibility index (Phi) is 5.81. The predicted octanol–water partition coefficient (Wildman–Crippen LogP) is 1.88. The maximum atomic E-state index is 5.69. The van der Waals surface area contributed by atoms with Crippen molar-refractivity contribution in [2.45, 2.75) is 59.0 Å². The first kappa shape index (κ1) is 13.5. The van der Waals surface area contributed by atoms with Crippen LogP contribution < -0.4 is 11.5 Å². The molecule has 0 saturated heterocycles. The minimum absolute atomic E-state index is 0.285. The Balaban J connectivity index is 0. The number of rotatable bonds is 1. The summed E-state index contributed by atoms with van der Waals surface area (Å²) in [6.07, 6.45) is 1.25. The minimum Gasteiger partial charge on any atom is -0.324 e. The van der Waals surface area contributed by atoms with Gasteiger partial charge in [-0.25, -0.2) is 0 Å². The molecule has 0 aromatic carbocycles. The first-order valence-corrected chi connectivity index (χ1v) is 4.24. The largest absolute Gasteiger partial charge is 0.324 e. The van der Waals surface area contributed by atoms with Gasteiger partial charge in [-0.3, -0.25) is 0 Å². The van der Waals surface area contributed by atoms with E-state index in [9.17, 15) is 0 Å². The highest BCUT2D eigenvalue weighted by molar-refractivity contribution is 4.93. The third-order valence-electron chi connectivity index (χ3n) is 1.66. The summed E-state index contributed by atoms with van der Waals surface area (Å²) in [6, 6.07) is 0. The summed E-state index contributed by atoms with van der Waals surface area (Å²) >= 11 is 0. The molecular formula is C9H24N2. The second kappa shape index (κ2) is 4.73. The molecule has 0 aromatic rings. The lowest BCUT2D eigenvalue weighted by Gasteiger charge is -2.34. The lowest BCUT2D eigenvalue weighted by molar-refractivity contribution is 0.309. The normalized spacial score (nSPS) is 12.0. The van der Waals surface area contributed by atoms with Gasteiger partial charge in [-0.05, 0) is 27.7 Å². The summed E-state index contributed by atoms with van der Waals surface area (Å²) < 4.78 is 0. The van der Waals surface area contributed by atoms with Crippen LogP contribution in [0.3, 0.4) is 0 Å². The minimum atomic E-state index is -0.285. The second-order valence-corrected chi connectivity index (χ2v) is 4.15. The van der Waals surface area contributed by atoms with Gasteiger partial charge in [0.15, 0.2) is 0 Å². The van der Waals surface area contributed by atoms with Crippen molar-refractivity contribution in [1.29, 1.82) is 0 Å². The molecule has 4 N–H and O–H groups in total. The van der Waals surface area contributed by atoms with Crippen LogP contribution in [0.4, 0.5) is 0 Å². The molecule has 0 bridgehead atoms. The van der Waals surface area contributed by atoms with Gasteiger partial charge in [0.2, 0.25) is 0 Å². The average molecular weight is 160 g/mol. The van der Waals surface area contributed by atoms with Crippen molar-refractivity contribution in [1.82, 2.24) is 0 Å². The Bertz CT molecular complexity index is 72.7. The summed E-state index contributed by atoms with van der Waals surface area (Å²) in [6.45, 7) is 11.9. The molecular weight excluding hydrogens is 136 g/mol. The van der Waals surface area contributed by atoms with E-state index >= 15 is 0 Å². The van der Waals surface area contributed by atoms with E-state index in [1.165, 1.54) is 6.42 Å².